The van der Waals surface area contributed by atoms with E-state index in [2.05, 4.69) is 30.4 Å². The predicted octanol–water partition coefficient (Wildman–Crippen LogP) is 2.98. The fourth-order valence-electron chi connectivity index (χ4n) is 2.60. The Hall–Kier alpha value is -2.94. The van der Waals surface area contributed by atoms with E-state index in [1.165, 1.54) is 0 Å². The molecule has 3 rings (SSSR count). The zero-order valence-electron chi connectivity index (χ0n) is 15.0. The molecule has 0 saturated heterocycles. The molecule has 26 heavy (non-hydrogen) atoms. The fourth-order valence-corrected chi connectivity index (χ4v) is 3.97. The van der Waals surface area contributed by atoms with Crippen LogP contribution in [-0.4, -0.2) is 28.8 Å². The highest BCUT2D eigenvalue weighted by molar-refractivity contribution is 7.92. The van der Waals surface area contributed by atoms with E-state index in [0.29, 0.717) is 17.2 Å². The van der Waals surface area contributed by atoms with Crippen LogP contribution in [-0.2, 0) is 10.0 Å². The minimum atomic E-state index is -3.78. The molecule has 0 spiro atoms. The zero-order valence-corrected chi connectivity index (χ0v) is 15.8. The molecule has 0 saturated carbocycles. The van der Waals surface area contributed by atoms with E-state index in [9.17, 15) is 8.42 Å². The summed E-state index contributed by atoms with van der Waals surface area (Å²) in [5.74, 6) is 0.661. The lowest BCUT2D eigenvalue weighted by molar-refractivity contribution is 0.600. The van der Waals surface area contributed by atoms with Crippen LogP contribution in [0.4, 0.5) is 17.3 Å². The highest BCUT2D eigenvalue weighted by atomic mass is 32.2. The van der Waals surface area contributed by atoms with E-state index in [1.54, 1.807) is 26.0 Å². The summed E-state index contributed by atoms with van der Waals surface area (Å²) in [6.45, 7) is 7.32. The van der Waals surface area contributed by atoms with Crippen LogP contribution >= 0.6 is 0 Å². The molecule has 0 amide bonds. The van der Waals surface area contributed by atoms with Gasteiger partial charge in [0.1, 0.15) is 4.90 Å². The smallest absolute Gasteiger partial charge is 0.266 e. The summed E-state index contributed by atoms with van der Waals surface area (Å²) >= 11 is 0. The Bertz CT molecular complexity index is 1020. The molecule has 0 radical (unpaired) electrons. The number of hydrogen-bond acceptors (Lipinski definition) is 6. The van der Waals surface area contributed by atoms with Crippen molar-refractivity contribution in [3.05, 3.63) is 52.8 Å². The summed E-state index contributed by atoms with van der Waals surface area (Å²) in [5.41, 5.74) is 4.08. The van der Waals surface area contributed by atoms with Gasteiger partial charge in [-0.25, -0.2) is 8.42 Å². The van der Waals surface area contributed by atoms with E-state index in [-0.39, 0.29) is 10.7 Å². The summed E-state index contributed by atoms with van der Waals surface area (Å²) in [6, 6.07) is 9.16. The van der Waals surface area contributed by atoms with Gasteiger partial charge >= 0.3 is 0 Å². The van der Waals surface area contributed by atoms with Crippen molar-refractivity contribution in [1.29, 1.82) is 0 Å². The summed E-state index contributed by atoms with van der Waals surface area (Å²) in [4.78, 5) is 0.122. The molecule has 0 aliphatic carbocycles. The Morgan fingerprint density at radius 2 is 1.65 bits per heavy atom. The maximum Gasteiger partial charge on any atom is 0.266 e. The first-order valence-electron chi connectivity index (χ1n) is 7.99. The first-order chi connectivity index (χ1) is 12.3. The number of aryl methyl sites for hydroxylation is 3. The molecule has 136 valence electrons. The molecular formula is C17H20N6O2S. The second-order valence-electron chi connectivity index (χ2n) is 6.04. The fraction of sp³-hybridized carbons (Fsp3) is 0.235. The van der Waals surface area contributed by atoms with Crippen molar-refractivity contribution in [3.63, 3.8) is 0 Å². The molecule has 2 aromatic heterocycles. The SMILES string of the molecule is Cc1cccc(Nc2ccc(NS(=O)(=O)c3c(C)n[nH]c3C)nn2)c1C. The molecule has 9 heteroatoms. The second kappa shape index (κ2) is 6.75. The van der Waals surface area contributed by atoms with Gasteiger partial charge in [0.25, 0.3) is 10.0 Å². The zero-order chi connectivity index (χ0) is 18.9. The van der Waals surface area contributed by atoms with Gasteiger partial charge in [-0.1, -0.05) is 12.1 Å². The molecule has 3 aromatic rings. The molecule has 0 bridgehead atoms. The molecular weight excluding hydrogens is 352 g/mol. The first-order valence-corrected chi connectivity index (χ1v) is 9.47. The van der Waals surface area contributed by atoms with Crippen LogP contribution in [0.1, 0.15) is 22.5 Å². The van der Waals surface area contributed by atoms with Crippen LogP contribution in [0.15, 0.2) is 35.2 Å². The lowest BCUT2D eigenvalue weighted by Gasteiger charge is -2.11. The molecule has 0 fully saturated rings. The van der Waals surface area contributed by atoms with Crippen LogP contribution in [0.25, 0.3) is 0 Å². The minimum absolute atomic E-state index is 0.122. The third-order valence-corrected chi connectivity index (χ3v) is 5.72. The van der Waals surface area contributed by atoms with Crippen molar-refractivity contribution in [2.75, 3.05) is 10.0 Å². The third-order valence-electron chi connectivity index (χ3n) is 4.10. The molecule has 0 aliphatic rings. The van der Waals surface area contributed by atoms with Crippen molar-refractivity contribution in [2.45, 2.75) is 32.6 Å². The van der Waals surface area contributed by atoms with Crippen molar-refractivity contribution < 1.29 is 8.42 Å². The van der Waals surface area contributed by atoms with E-state index in [0.717, 1.165) is 16.8 Å². The highest BCUT2D eigenvalue weighted by Gasteiger charge is 2.22. The molecule has 1 aromatic carbocycles. The van der Waals surface area contributed by atoms with Crippen molar-refractivity contribution in [1.82, 2.24) is 20.4 Å². The van der Waals surface area contributed by atoms with Gasteiger partial charge in [-0.15, -0.1) is 10.2 Å². The highest BCUT2D eigenvalue weighted by Crippen LogP contribution is 2.23. The average Bonchev–Trinajstić information content (AvgIpc) is 2.93. The largest absolute Gasteiger partial charge is 0.339 e. The van der Waals surface area contributed by atoms with Gasteiger partial charge in [0, 0.05) is 5.69 Å². The number of H-pyrrole nitrogens is 1. The molecule has 3 N–H and O–H groups in total. The summed E-state index contributed by atoms with van der Waals surface area (Å²) < 4.78 is 27.4. The first kappa shape index (κ1) is 17.9. The lowest BCUT2D eigenvalue weighted by Crippen LogP contribution is -2.16. The lowest BCUT2D eigenvalue weighted by atomic mass is 10.1. The molecule has 0 atom stereocenters. The Labute approximate surface area is 152 Å². The molecule has 2 heterocycles. The quantitative estimate of drug-likeness (QED) is 0.635. The van der Waals surface area contributed by atoms with E-state index >= 15 is 0 Å². The number of nitrogens with zero attached hydrogens (tertiary/aromatic N) is 3. The monoisotopic (exact) mass is 372 g/mol. The Morgan fingerprint density at radius 1 is 0.962 bits per heavy atom. The third kappa shape index (κ3) is 3.52. The van der Waals surface area contributed by atoms with Gasteiger partial charge in [-0.3, -0.25) is 9.82 Å². The van der Waals surface area contributed by atoms with Crippen LogP contribution in [0.3, 0.4) is 0 Å². The number of sulfonamides is 1. The van der Waals surface area contributed by atoms with Crippen LogP contribution in [0.5, 0.6) is 0 Å². The topological polar surface area (TPSA) is 113 Å². The maximum atomic E-state index is 12.5. The number of aromatic nitrogens is 4. The van der Waals surface area contributed by atoms with Crippen LogP contribution in [0, 0.1) is 27.7 Å². The van der Waals surface area contributed by atoms with E-state index in [4.69, 9.17) is 0 Å². The second-order valence-corrected chi connectivity index (χ2v) is 7.66. The predicted molar refractivity (Wildman–Crippen MR) is 100 cm³/mol. The van der Waals surface area contributed by atoms with E-state index < -0.39 is 10.0 Å². The van der Waals surface area contributed by atoms with Gasteiger partial charge in [-0.05, 0) is 57.0 Å². The van der Waals surface area contributed by atoms with Gasteiger partial charge in [-0.2, -0.15) is 5.10 Å². The van der Waals surface area contributed by atoms with Gasteiger partial charge in [0.05, 0.1) is 11.4 Å². The molecule has 0 unspecified atom stereocenters. The maximum absolute atomic E-state index is 12.5. The number of rotatable bonds is 5. The Balaban J connectivity index is 1.79. The van der Waals surface area contributed by atoms with Crippen molar-refractivity contribution >= 4 is 27.3 Å². The van der Waals surface area contributed by atoms with Crippen molar-refractivity contribution in [2.24, 2.45) is 0 Å². The van der Waals surface area contributed by atoms with Gasteiger partial charge in [0.2, 0.25) is 0 Å². The van der Waals surface area contributed by atoms with Crippen molar-refractivity contribution in [3.8, 4) is 0 Å². The average molecular weight is 372 g/mol. The van der Waals surface area contributed by atoms with Crippen LogP contribution < -0.4 is 10.0 Å². The van der Waals surface area contributed by atoms with E-state index in [1.807, 2.05) is 32.0 Å². The molecule has 8 nitrogen and oxygen atoms in total. The number of anilines is 3. The van der Waals surface area contributed by atoms with Gasteiger partial charge in [0.15, 0.2) is 11.6 Å². The standard InChI is InChI=1S/C17H20N6O2S/c1-10-6-5-7-14(11(10)2)18-15-8-9-16(22-21-15)23-26(24,25)17-12(3)19-20-13(17)4/h5-9H,1-4H3,(H,18,21)(H,19,20)(H,22,23). The Kier molecular flexibility index (Phi) is 4.64. The molecule has 0 aliphatic heterocycles. The number of nitrogens with one attached hydrogen (secondary N) is 3. The summed E-state index contributed by atoms with van der Waals surface area (Å²) in [6.07, 6.45) is 0. The van der Waals surface area contributed by atoms with Gasteiger partial charge < -0.3 is 5.32 Å². The normalized spacial score (nSPS) is 11.4. The Morgan fingerprint density at radius 3 is 2.27 bits per heavy atom. The minimum Gasteiger partial charge on any atom is -0.339 e. The number of hydrogen-bond donors (Lipinski definition) is 3. The van der Waals surface area contributed by atoms with Crippen LogP contribution in [0.2, 0.25) is 0 Å². The number of aromatic amines is 1. The number of benzene rings is 1. The summed E-state index contributed by atoms with van der Waals surface area (Å²) in [7, 11) is -3.78. The summed E-state index contributed by atoms with van der Waals surface area (Å²) in [5, 5.41) is 17.7.